The molecule has 0 aromatic heterocycles. The molecule has 0 heterocycles. The van der Waals surface area contributed by atoms with Gasteiger partial charge in [0.25, 0.3) is 0 Å². The topological polar surface area (TPSA) is 63.3 Å². The van der Waals surface area contributed by atoms with Gasteiger partial charge in [-0.05, 0) is 38.1 Å². The Kier molecular flexibility index (Phi) is 2.88. The first-order valence-corrected chi connectivity index (χ1v) is 4.17. The molecule has 3 heteroatoms. The van der Waals surface area contributed by atoms with E-state index in [1.807, 2.05) is 0 Å². The third-order valence-electron chi connectivity index (χ3n) is 2.53. The molecule has 0 spiro atoms. The van der Waals surface area contributed by atoms with Gasteiger partial charge in [-0.25, -0.2) is 0 Å². The largest absolute Gasteiger partial charge is 0.481 e. The van der Waals surface area contributed by atoms with E-state index in [-0.39, 0.29) is 5.92 Å². The Labute approximate surface area is 66.6 Å². The zero-order valence-electron chi connectivity index (χ0n) is 6.62. The first-order chi connectivity index (χ1) is 5.24. The molecule has 1 aliphatic rings. The van der Waals surface area contributed by atoms with Crippen molar-refractivity contribution in [2.45, 2.75) is 25.7 Å². The van der Waals surface area contributed by atoms with Gasteiger partial charge in [0.1, 0.15) is 0 Å². The van der Waals surface area contributed by atoms with E-state index in [1.165, 1.54) is 0 Å². The van der Waals surface area contributed by atoms with Gasteiger partial charge >= 0.3 is 5.97 Å². The van der Waals surface area contributed by atoms with Crippen molar-refractivity contribution in [1.82, 2.24) is 0 Å². The van der Waals surface area contributed by atoms with E-state index in [4.69, 9.17) is 10.8 Å². The molecule has 0 saturated heterocycles. The lowest BCUT2D eigenvalue weighted by Gasteiger charge is -2.24. The Bertz CT molecular complexity index is 139. The van der Waals surface area contributed by atoms with Crippen LogP contribution in [0, 0.1) is 11.8 Å². The second-order valence-electron chi connectivity index (χ2n) is 3.29. The van der Waals surface area contributed by atoms with Crippen LogP contribution in [0.15, 0.2) is 0 Å². The maximum absolute atomic E-state index is 10.5. The monoisotopic (exact) mass is 157 g/mol. The van der Waals surface area contributed by atoms with E-state index in [1.54, 1.807) is 0 Å². The molecule has 0 atom stereocenters. The highest BCUT2D eigenvalue weighted by Crippen LogP contribution is 2.27. The Morgan fingerprint density at radius 2 is 1.91 bits per heavy atom. The molecule has 1 rings (SSSR count). The lowest BCUT2D eigenvalue weighted by molar-refractivity contribution is -0.143. The summed E-state index contributed by atoms with van der Waals surface area (Å²) >= 11 is 0. The lowest BCUT2D eigenvalue weighted by atomic mass is 9.82. The molecule has 0 amide bonds. The van der Waals surface area contributed by atoms with Gasteiger partial charge in [-0.1, -0.05) is 0 Å². The minimum Gasteiger partial charge on any atom is -0.481 e. The third kappa shape index (κ3) is 2.19. The average molecular weight is 157 g/mol. The summed E-state index contributed by atoms with van der Waals surface area (Å²) in [6.45, 7) is 0.715. The highest BCUT2D eigenvalue weighted by atomic mass is 16.4. The average Bonchev–Trinajstić information content (AvgIpc) is 2.05. The lowest BCUT2D eigenvalue weighted by Crippen LogP contribution is -2.25. The molecule has 0 aromatic rings. The summed E-state index contributed by atoms with van der Waals surface area (Å²) in [7, 11) is 0. The van der Waals surface area contributed by atoms with Gasteiger partial charge in [0, 0.05) is 0 Å². The summed E-state index contributed by atoms with van der Waals surface area (Å²) in [5, 5.41) is 8.67. The van der Waals surface area contributed by atoms with E-state index in [9.17, 15) is 4.79 Å². The van der Waals surface area contributed by atoms with Crippen LogP contribution in [0.5, 0.6) is 0 Å². The molecule has 3 N–H and O–H groups in total. The molecular weight excluding hydrogens is 142 g/mol. The highest BCUT2D eigenvalue weighted by molar-refractivity contribution is 5.69. The van der Waals surface area contributed by atoms with Gasteiger partial charge in [-0.15, -0.1) is 0 Å². The summed E-state index contributed by atoms with van der Waals surface area (Å²) in [6.07, 6.45) is 3.62. The fraction of sp³-hybridized carbons (Fsp3) is 0.875. The molecule has 3 nitrogen and oxygen atoms in total. The van der Waals surface area contributed by atoms with Crippen molar-refractivity contribution in [3.63, 3.8) is 0 Å². The van der Waals surface area contributed by atoms with E-state index in [2.05, 4.69) is 0 Å². The second-order valence-corrected chi connectivity index (χ2v) is 3.29. The third-order valence-corrected chi connectivity index (χ3v) is 2.53. The highest BCUT2D eigenvalue weighted by Gasteiger charge is 2.24. The molecule has 0 aliphatic heterocycles. The molecule has 0 bridgehead atoms. The molecule has 11 heavy (non-hydrogen) atoms. The smallest absolute Gasteiger partial charge is 0.306 e. The number of carbonyl (C=O) groups is 1. The van der Waals surface area contributed by atoms with E-state index >= 15 is 0 Å². The standard InChI is InChI=1S/C8H15NO2/c9-5-6-1-3-7(4-2-6)8(10)11/h6-7H,1-5,9H2,(H,10,11)/t6-,7+. The van der Waals surface area contributed by atoms with Crippen molar-refractivity contribution in [2.24, 2.45) is 17.6 Å². The molecular formula is C8H15NO2. The Morgan fingerprint density at radius 1 is 1.36 bits per heavy atom. The number of carboxylic acids is 1. The molecule has 0 unspecified atom stereocenters. The minimum absolute atomic E-state index is 0.0993. The van der Waals surface area contributed by atoms with Gasteiger partial charge in [0.05, 0.1) is 5.92 Å². The number of nitrogens with two attached hydrogens (primary N) is 1. The maximum atomic E-state index is 10.5. The quantitative estimate of drug-likeness (QED) is 0.624. The van der Waals surface area contributed by atoms with Crippen LogP contribution in [0.4, 0.5) is 0 Å². The maximum Gasteiger partial charge on any atom is 0.306 e. The predicted molar refractivity (Wildman–Crippen MR) is 42.1 cm³/mol. The first kappa shape index (κ1) is 8.53. The fourth-order valence-corrected chi connectivity index (χ4v) is 1.65. The number of carboxylic acid groups (broad SMARTS) is 1. The summed E-state index contributed by atoms with van der Waals surface area (Å²) in [4.78, 5) is 10.5. The number of rotatable bonds is 2. The number of hydrogen-bond donors (Lipinski definition) is 2. The van der Waals surface area contributed by atoms with Crippen LogP contribution in [0.3, 0.4) is 0 Å². The van der Waals surface area contributed by atoms with E-state index < -0.39 is 5.97 Å². The molecule has 0 aromatic carbocycles. The summed E-state index contributed by atoms with van der Waals surface area (Å²) in [5.41, 5.74) is 5.48. The van der Waals surface area contributed by atoms with Gasteiger partial charge in [-0.2, -0.15) is 0 Å². The molecule has 1 fully saturated rings. The molecule has 0 radical (unpaired) electrons. The zero-order valence-corrected chi connectivity index (χ0v) is 6.62. The van der Waals surface area contributed by atoms with Crippen LogP contribution in [-0.4, -0.2) is 17.6 Å². The van der Waals surface area contributed by atoms with Gasteiger partial charge in [0.15, 0.2) is 0 Å². The van der Waals surface area contributed by atoms with Gasteiger partial charge in [0.2, 0.25) is 0 Å². The van der Waals surface area contributed by atoms with Crippen molar-refractivity contribution in [2.75, 3.05) is 6.54 Å². The summed E-state index contributed by atoms with van der Waals surface area (Å²) < 4.78 is 0. The van der Waals surface area contributed by atoms with Crippen LogP contribution in [0.1, 0.15) is 25.7 Å². The van der Waals surface area contributed by atoms with Crippen molar-refractivity contribution in [3.05, 3.63) is 0 Å². The Hall–Kier alpha value is -0.570. The Morgan fingerprint density at radius 3 is 2.27 bits per heavy atom. The van der Waals surface area contributed by atoms with Crippen molar-refractivity contribution in [3.8, 4) is 0 Å². The van der Waals surface area contributed by atoms with Crippen LogP contribution in [0.2, 0.25) is 0 Å². The van der Waals surface area contributed by atoms with Crippen LogP contribution < -0.4 is 5.73 Å². The van der Waals surface area contributed by atoms with Gasteiger partial charge < -0.3 is 10.8 Å². The van der Waals surface area contributed by atoms with Crippen LogP contribution >= 0.6 is 0 Å². The number of hydrogen-bond acceptors (Lipinski definition) is 2. The van der Waals surface area contributed by atoms with E-state index in [0.717, 1.165) is 25.7 Å². The van der Waals surface area contributed by atoms with Crippen LogP contribution in [-0.2, 0) is 4.79 Å². The van der Waals surface area contributed by atoms with Gasteiger partial charge in [-0.3, -0.25) is 4.79 Å². The predicted octanol–water partition coefficient (Wildman–Crippen LogP) is 0.836. The molecule has 64 valence electrons. The zero-order chi connectivity index (χ0) is 8.27. The number of aliphatic carboxylic acids is 1. The summed E-state index contributed by atoms with van der Waals surface area (Å²) in [6, 6.07) is 0. The SMILES string of the molecule is NC[C@H]1CC[C@@H](C(=O)O)CC1. The molecule has 1 aliphatic carbocycles. The first-order valence-electron chi connectivity index (χ1n) is 4.17. The van der Waals surface area contributed by atoms with Crippen molar-refractivity contribution in [1.29, 1.82) is 0 Å². The van der Waals surface area contributed by atoms with Crippen LogP contribution in [0.25, 0.3) is 0 Å². The normalized spacial score (nSPS) is 31.7. The Balaban J connectivity index is 2.30. The fourth-order valence-electron chi connectivity index (χ4n) is 1.65. The van der Waals surface area contributed by atoms with Crippen molar-refractivity contribution < 1.29 is 9.90 Å². The minimum atomic E-state index is -0.638. The summed E-state index contributed by atoms with van der Waals surface area (Å²) in [5.74, 6) is -0.163. The molecule has 1 saturated carbocycles. The van der Waals surface area contributed by atoms with E-state index in [0.29, 0.717) is 12.5 Å². The van der Waals surface area contributed by atoms with Crippen molar-refractivity contribution >= 4 is 5.97 Å². The second kappa shape index (κ2) is 3.72.